The van der Waals surface area contributed by atoms with Gasteiger partial charge in [-0.2, -0.15) is 11.5 Å². The molecule has 0 spiro atoms. The third-order valence-corrected chi connectivity index (χ3v) is 10.8. The first kappa shape index (κ1) is 47.9. The van der Waals surface area contributed by atoms with Gasteiger partial charge in [0.25, 0.3) is 0 Å². The summed E-state index contributed by atoms with van der Waals surface area (Å²) < 4.78 is 46.9. The van der Waals surface area contributed by atoms with Gasteiger partial charge >= 0.3 is 23.1 Å². The number of ether oxygens (including phenoxy) is 8. The third-order valence-electron chi connectivity index (χ3n) is 10.8. The first-order valence-corrected chi connectivity index (χ1v) is 18.6. The molecule has 0 amide bonds. The first-order valence-electron chi connectivity index (χ1n) is 18.6. The van der Waals surface area contributed by atoms with Gasteiger partial charge in [-0.3, -0.25) is 6.58 Å². The number of benzene rings is 4. The average molecular weight is 911 g/mol. The Bertz CT molecular complexity index is 2440. The molecular weight excluding hydrogens is 860 g/mol. The van der Waals surface area contributed by atoms with E-state index in [0.29, 0.717) is 6.79 Å². The van der Waals surface area contributed by atoms with E-state index in [4.69, 9.17) is 37.9 Å². The van der Waals surface area contributed by atoms with Gasteiger partial charge in [0.2, 0.25) is 19.3 Å². The molecule has 0 N–H and O–H groups in total. The molecule has 13 heteroatoms. The fourth-order valence-corrected chi connectivity index (χ4v) is 8.33. The van der Waals surface area contributed by atoms with Crippen LogP contribution in [-0.2, 0) is 19.4 Å². The second-order valence-electron chi connectivity index (χ2n) is 14.0. The fraction of sp³-hybridized carbons (Fsp3) is 0.298. The van der Waals surface area contributed by atoms with Crippen molar-refractivity contribution in [2.75, 3.05) is 48.6 Å². The molecule has 60 heavy (non-hydrogen) atoms. The van der Waals surface area contributed by atoms with Crippen LogP contribution in [0.15, 0.2) is 79.5 Å². The van der Waals surface area contributed by atoms with Crippen molar-refractivity contribution >= 4 is 45.6 Å². The van der Waals surface area contributed by atoms with Gasteiger partial charge in [0, 0.05) is 35.9 Å². The molecule has 1 aromatic heterocycles. The molecule has 0 fully saturated rings. The quantitative estimate of drug-likeness (QED) is 0.115. The Morgan fingerprint density at radius 1 is 0.783 bits per heavy atom. The number of allylic oxidation sites excluding steroid dienone is 1. The number of halogens is 2. The average Bonchev–Trinajstić information content (AvgIpc) is 3.89. The molecular formula is C47H50BrClMgN2O8. The normalized spacial score (nSPS) is 14.8. The zero-order valence-electron chi connectivity index (χ0n) is 34.2. The van der Waals surface area contributed by atoms with Gasteiger partial charge < -0.3 is 78.3 Å². The van der Waals surface area contributed by atoms with Crippen LogP contribution in [0.25, 0.3) is 33.8 Å². The molecule has 1 atom stereocenters. The summed E-state index contributed by atoms with van der Waals surface area (Å²) in [6.45, 7) is 13.8. The minimum Gasteiger partial charge on any atom is -1.00 e. The number of nitrogens with zero attached hydrogens (tertiary/aromatic N) is 2. The number of fused-ring (bicyclic) bond motifs is 10. The Kier molecular flexibility index (Phi) is 16.1. The van der Waals surface area contributed by atoms with Crippen molar-refractivity contribution < 1.29 is 71.9 Å². The Morgan fingerprint density at radius 3 is 1.92 bits per heavy atom. The van der Waals surface area contributed by atoms with Gasteiger partial charge in [-0.15, -0.1) is 0 Å². The van der Waals surface area contributed by atoms with Crippen LogP contribution in [0.4, 0.5) is 0 Å². The molecule has 0 aliphatic carbocycles. The van der Waals surface area contributed by atoms with Crippen molar-refractivity contribution in [3.8, 4) is 57.3 Å². The number of aromatic nitrogens is 1. The zero-order chi connectivity index (χ0) is 39.1. The molecule has 5 aliphatic rings. The van der Waals surface area contributed by atoms with Gasteiger partial charge in [0.15, 0.2) is 58.7 Å². The topological polar surface area (TPSA) is 81.0 Å². The van der Waals surface area contributed by atoms with E-state index < -0.39 is 0 Å². The molecule has 0 saturated carbocycles. The van der Waals surface area contributed by atoms with Crippen molar-refractivity contribution in [1.29, 1.82) is 0 Å². The van der Waals surface area contributed by atoms with Crippen LogP contribution in [0.5, 0.6) is 46.0 Å². The summed E-state index contributed by atoms with van der Waals surface area (Å²) in [6, 6.07) is 18.7. The Hall–Kier alpha value is -4.75. The van der Waals surface area contributed by atoms with Gasteiger partial charge in [-0.05, 0) is 84.0 Å². The number of pyridine rings is 1. The van der Waals surface area contributed by atoms with Crippen LogP contribution >= 0.6 is 0 Å². The van der Waals surface area contributed by atoms with E-state index in [1.54, 1.807) is 35.4 Å². The van der Waals surface area contributed by atoms with Crippen molar-refractivity contribution in [2.24, 2.45) is 0 Å². The summed E-state index contributed by atoms with van der Waals surface area (Å²) in [6.07, 6.45) is 8.78. The predicted molar refractivity (Wildman–Crippen MR) is 227 cm³/mol. The number of hydrogen-bond acceptors (Lipinski definition) is 9. The monoisotopic (exact) mass is 908 g/mol. The fourth-order valence-electron chi connectivity index (χ4n) is 8.33. The maximum absolute atomic E-state index is 5.77. The van der Waals surface area contributed by atoms with E-state index >= 15 is 0 Å². The molecule has 6 heterocycles. The van der Waals surface area contributed by atoms with E-state index in [-0.39, 0.29) is 72.7 Å². The van der Waals surface area contributed by atoms with Crippen LogP contribution in [0.2, 0.25) is 0 Å². The Morgan fingerprint density at radius 2 is 1.33 bits per heavy atom. The second-order valence-corrected chi connectivity index (χ2v) is 14.0. The van der Waals surface area contributed by atoms with Crippen LogP contribution in [0.1, 0.15) is 55.1 Å². The molecule has 10 rings (SSSR count). The molecule has 0 bridgehead atoms. The summed E-state index contributed by atoms with van der Waals surface area (Å²) in [5.41, 5.74) is 10.7. The Labute approximate surface area is 386 Å². The molecule has 1 unspecified atom stereocenters. The summed E-state index contributed by atoms with van der Waals surface area (Å²) in [4.78, 5) is 2.41. The molecule has 10 nitrogen and oxygen atoms in total. The number of methoxy groups -OCH3 is 4. The molecule has 0 saturated heterocycles. The van der Waals surface area contributed by atoms with E-state index in [0.717, 1.165) is 99.4 Å². The number of hydrogen-bond donors (Lipinski definition) is 0. The van der Waals surface area contributed by atoms with Gasteiger partial charge in [-0.1, -0.05) is 25.6 Å². The van der Waals surface area contributed by atoms with Crippen LogP contribution in [0, 0.1) is 6.08 Å². The van der Waals surface area contributed by atoms with Crippen LogP contribution < -0.4 is 71.9 Å². The summed E-state index contributed by atoms with van der Waals surface area (Å²) in [5.74, 6) is 6.35. The van der Waals surface area contributed by atoms with E-state index in [1.165, 1.54) is 33.6 Å². The standard InChI is InChI=1S/C23H23NO4.C20H18NO4.C3H5.CH4.BrH.ClH.Mg/c1-13(2)22-21-15(5-6-18(25-3)23(21)26-4)9-17-16-11-20-19(27-12-28-20)10-14(16)7-8-24(17)22;1-22-17-4-3-12-7-16-14-9-19-18(24-11-25-19)8-13(14)5-6-21(16)10-15(12)20(17)23-2;1-3-2;;;;/h5-6,9-11,22H,1,7-8,12H2,2-4H3;3-4,7-10H,5-6,11H2,1-2H3;1H2,2H3;1H4;2*1H;/q;+1;-1;;;;+2/p-2. The maximum atomic E-state index is 5.77. The van der Waals surface area contributed by atoms with Crippen molar-refractivity contribution in [3.05, 3.63) is 113 Å². The third kappa shape index (κ3) is 8.44. The molecule has 5 aromatic rings. The number of rotatable bonds is 5. The first-order chi connectivity index (χ1) is 27.3. The van der Waals surface area contributed by atoms with E-state index in [1.807, 2.05) is 12.1 Å². The van der Waals surface area contributed by atoms with Crippen molar-refractivity contribution in [2.45, 2.75) is 46.7 Å². The van der Waals surface area contributed by atoms with Crippen LogP contribution in [0.3, 0.4) is 0 Å². The minimum absolute atomic E-state index is 0. The second kappa shape index (κ2) is 20.2. The van der Waals surface area contributed by atoms with E-state index in [2.05, 4.69) is 90.4 Å². The summed E-state index contributed by atoms with van der Waals surface area (Å²) >= 11 is 0. The Balaban J connectivity index is 0.000000235. The van der Waals surface area contributed by atoms with Gasteiger partial charge in [0.05, 0.1) is 45.4 Å². The number of aryl methyl sites for hydroxylation is 2. The summed E-state index contributed by atoms with van der Waals surface area (Å²) in [5, 5.41) is 2.17. The molecule has 312 valence electrons. The van der Waals surface area contributed by atoms with Crippen LogP contribution in [-0.4, -0.2) is 76.5 Å². The predicted octanol–water partition coefficient (Wildman–Crippen LogP) is 2.77. The summed E-state index contributed by atoms with van der Waals surface area (Å²) in [7, 11) is 6.70. The van der Waals surface area contributed by atoms with Crippen molar-refractivity contribution in [3.63, 3.8) is 0 Å². The molecule has 0 radical (unpaired) electrons. The van der Waals surface area contributed by atoms with Gasteiger partial charge in [0.1, 0.15) is 0 Å². The largest absolute Gasteiger partial charge is 2.00 e. The van der Waals surface area contributed by atoms with Gasteiger partial charge in [-0.25, -0.2) is 0 Å². The molecule has 5 aliphatic heterocycles. The maximum Gasteiger partial charge on any atom is 2.00 e. The smallest absolute Gasteiger partial charge is 1.00 e. The minimum atomic E-state index is 0. The SMILES string of the molecule is C.C=C(C)C1c2c(ccc(OC)c2OC)C=C2c3cc4c(cc3CCN21)OCO4.C=[C-]C.COc1ccc2cc3[n+](cc2c1OC)CCc1cc2c(cc1-3)OCO2.[Br-].[Cl-].[Mg+2]. The van der Waals surface area contributed by atoms with Crippen molar-refractivity contribution in [1.82, 2.24) is 4.90 Å². The van der Waals surface area contributed by atoms with E-state index in [9.17, 15) is 0 Å². The molecule has 4 aromatic carbocycles. The zero-order valence-corrected chi connectivity index (χ0v) is 38.0.